The van der Waals surface area contributed by atoms with Crippen molar-refractivity contribution in [2.45, 2.75) is 0 Å². The molecular weight excluding hydrogens is 284 g/mol. The summed E-state index contributed by atoms with van der Waals surface area (Å²) in [6.07, 6.45) is 0. The van der Waals surface area contributed by atoms with Crippen molar-refractivity contribution in [3.8, 4) is 0 Å². The van der Waals surface area contributed by atoms with Crippen molar-refractivity contribution in [1.82, 2.24) is 0 Å². The van der Waals surface area contributed by atoms with Crippen LogP contribution in [0.25, 0.3) is 21.9 Å². The summed E-state index contributed by atoms with van der Waals surface area (Å²) in [5.41, 5.74) is 1.71. The highest BCUT2D eigenvalue weighted by atomic mass is 79.9. The SMILES string of the molecule is O=C(O)c1ccc2oc3cc(Br)ccc3c2c1. The number of carboxylic acid groups (broad SMARTS) is 1. The van der Waals surface area contributed by atoms with Gasteiger partial charge in [0.15, 0.2) is 0 Å². The minimum atomic E-state index is -0.932. The smallest absolute Gasteiger partial charge is 0.335 e. The Morgan fingerprint density at radius 3 is 2.65 bits per heavy atom. The number of hydrogen-bond acceptors (Lipinski definition) is 2. The van der Waals surface area contributed by atoms with Crippen LogP contribution in [0.4, 0.5) is 0 Å². The van der Waals surface area contributed by atoms with Gasteiger partial charge in [-0.1, -0.05) is 15.9 Å². The van der Waals surface area contributed by atoms with Gasteiger partial charge in [-0.2, -0.15) is 0 Å². The number of carbonyl (C=O) groups is 1. The van der Waals surface area contributed by atoms with Crippen LogP contribution in [0.15, 0.2) is 45.3 Å². The molecule has 1 aromatic heterocycles. The molecule has 0 atom stereocenters. The number of halogens is 1. The third-order valence-corrected chi connectivity index (χ3v) is 3.17. The van der Waals surface area contributed by atoms with E-state index in [1.54, 1.807) is 18.2 Å². The fourth-order valence-electron chi connectivity index (χ4n) is 1.88. The molecule has 0 fully saturated rings. The van der Waals surface area contributed by atoms with E-state index < -0.39 is 5.97 Å². The number of aromatic carboxylic acids is 1. The molecule has 17 heavy (non-hydrogen) atoms. The van der Waals surface area contributed by atoms with Crippen LogP contribution in [0, 0.1) is 0 Å². The van der Waals surface area contributed by atoms with E-state index in [0.717, 1.165) is 20.8 Å². The van der Waals surface area contributed by atoms with Crippen LogP contribution >= 0.6 is 15.9 Å². The first-order valence-corrected chi connectivity index (χ1v) is 5.79. The fraction of sp³-hybridized carbons (Fsp3) is 0. The molecule has 0 saturated carbocycles. The minimum absolute atomic E-state index is 0.267. The molecule has 4 heteroatoms. The van der Waals surface area contributed by atoms with Gasteiger partial charge >= 0.3 is 5.97 Å². The molecular formula is C13H7BrO3. The Bertz CT molecular complexity index is 743. The molecule has 3 rings (SSSR count). The summed E-state index contributed by atoms with van der Waals surface area (Å²) in [4.78, 5) is 10.9. The molecule has 0 spiro atoms. The molecule has 3 nitrogen and oxygen atoms in total. The average Bonchev–Trinajstić information content (AvgIpc) is 2.64. The second-order valence-electron chi connectivity index (χ2n) is 3.76. The molecule has 3 aromatic rings. The Kier molecular flexibility index (Phi) is 2.19. The second-order valence-corrected chi connectivity index (χ2v) is 4.67. The summed E-state index contributed by atoms with van der Waals surface area (Å²) in [6, 6.07) is 10.6. The highest BCUT2D eigenvalue weighted by Crippen LogP contribution is 2.31. The van der Waals surface area contributed by atoms with E-state index in [1.807, 2.05) is 18.2 Å². The lowest BCUT2D eigenvalue weighted by molar-refractivity contribution is 0.0697. The number of hydrogen-bond donors (Lipinski definition) is 1. The van der Waals surface area contributed by atoms with Crippen molar-refractivity contribution < 1.29 is 14.3 Å². The number of benzene rings is 2. The normalized spacial score (nSPS) is 11.1. The third kappa shape index (κ3) is 1.61. The molecule has 0 aliphatic rings. The average molecular weight is 291 g/mol. The standard InChI is InChI=1S/C13H7BrO3/c14-8-2-3-9-10-5-7(13(15)16)1-4-11(10)17-12(9)6-8/h1-6H,(H,15,16). The van der Waals surface area contributed by atoms with E-state index in [9.17, 15) is 4.79 Å². The largest absolute Gasteiger partial charge is 0.478 e. The maximum Gasteiger partial charge on any atom is 0.335 e. The second kappa shape index (κ2) is 3.60. The lowest BCUT2D eigenvalue weighted by Crippen LogP contribution is -1.94. The molecule has 0 saturated heterocycles. The van der Waals surface area contributed by atoms with Crippen LogP contribution in [0.3, 0.4) is 0 Å². The number of rotatable bonds is 1. The maximum atomic E-state index is 10.9. The quantitative estimate of drug-likeness (QED) is 0.736. The monoisotopic (exact) mass is 290 g/mol. The van der Waals surface area contributed by atoms with Crippen LogP contribution in [0.2, 0.25) is 0 Å². The first-order chi connectivity index (χ1) is 8.15. The predicted octanol–water partition coefficient (Wildman–Crippen LogP) is 4.05. The molecule has 0 aliphatic heterocycles. The van der Waals surface area contributed by atoms with Gasteiger partial charge in [-0.05, 0) is 36.4 Å². The van der Waals surface area contributed by atoms with Crippen molar-refractivity contribution in [2.75, 3.05) is 0 Å². The van der Waals surface area contributed by atoms with Gasteiger partial charge in [-0.3, -0.25) is 0 Å². The van der Waals surface area contributed by atoms with Gasteiger partial charge in [-0.25, -0.2) is 4.79 Å². The zero-order valence-electron chi connectivity index (χ0n) is 8.61. The highest BCUT2D eigenvalue weighted by molar-refractivity contribution is 9.10. The Morgan fingerprint density at radius 1 is 1.06 bits per heavy atom. The molecule has 2 aromatic carbocycles. The van der Waals surface area contributed by atoms with Gasteiger partial charge in [0, 0.05) is 15.2 Å². The summed E-state index contributed by atoms with van der Waals surface area (Å²) in [7, 11) is 0. The van der Waals surface area contributed by atoms with E-state index in [4.69, 9.17) is 9.52 Å². The zero-order chi connectivity index (χ0) is 12.0. The van der Waals surface area contributed by atoms with E-state index in [-0.39, 0.29) is 5.56 Å². The maximum absolute atomic E-state index is 10.9. The summed E-state index contributed by atoms with van der Waals surface area (Å²) >= 11 is 3.37. The Labute approximate surface area is 105 Å². The third-order valence-electron chi connectivity index (χ3n) is 2.68. The zero-order valence-corrected chi connectivity index (χ0v) is 10.2. The molecule has 0 radical (unpaired) electrons. The van der Waals surface area contributed by atoms with Gasteiger partial charge in [0.2, 0.25) is 0 Å². The van der Waals surface area contributed by atoms with Crippen LogP contribution in [-0.2, 0) is 0 Å². The lowest BCUT2D eigenvalue weighted by Gasteiger charge is -1.93. The van der Waals surface area contributed by atoms with Crippen LogP contribution in [0.5, 0.6) is 0 Å². The molecule has 1 N–H and O–H groups in total. The van der Waals surface area contributed by atoms with Crippen LogP contribution in [0.1, 0.15) is 10.4 Å². The summed E-state index contributed by atoms with van der Waals surface area (Å²) in [6.45, 7) is 0. The van der Waals surface area contributed by atoms with Gasteiger partial charge < -0.3 is 9.52 Å². The number of carboxylic acids is 1. The minimum Gasteiger partial charge on any atom is -0.478 e. The Morgan fingerprint density at radius 2 is 1.88 bits per heavy atom. The highest BCUT2D eigenvalue weighted by Gasteiger charge is 2.10. The Balaban J connectivity index is 2.41. The van der Waals surface area contributed by atoms with Crippen molar-refractivity contribution in [3.05, 3.63) is 46.4 Å². The summed E-state index contributed by atoms with van der Waals surface area (Å²) < 4.78 is 6.58. The van der Waals surface area contributed by atoms with Crippen molar-refractivity contribution in [3.63, 3.8) is 0 Å². The van der Waals surface area contributed by atoms with Crippen molar-refractivity contribution in [1.29, 1.82) is 0 Å². The van der Waals surface area contributed by atoms with Gasteiger partial charge in [0.1, 0.15) is 11.2 Å². The van der Waals surface area contributed by atoms with Crippen LogP contribution in [-0.4, -0.2) is 11.1 Å². The van der Waals surface area contributed by atoms with Crippen molar-refractivity contribution in [2.24, 2.45) is 0 Å². The first-order valence-electron chi connectivity index (χ1n) is 5.00. The first kappa shape index (κ1) is 10.4. The van der Waals surface area contributed by atoms with Gasteiger partial charge in [0.05, 0.1) is 5.56 Å². The molecule has 0 amide bonds. The van der Waals surface area contributed by atoms with Crippen LogP contribution < -0.4 is 0 Å². The molecule has 0 unspecified atom stereocenters. The number of furan rings is 1. The molecule has 0 bridgehead atoms. The Hall–Kier alpha value is -1.81. The summed E-state index contributed by atoms with van der Waals surface area (Å²) in [5, 5.41) is 10.7. The van der Waals surface area contributed by atoms with Crippen molar-refractivity contribution >= 4 is 43.8 Å². The fourth-order valence-corrected chi connectivity index (χ4v) is 2.22. The van der Waals surface area contributed by atoms with Gasteiger partial charge in [-0.15, -0.1) is 0 Å². The van der Waals surface area contributed by atoms with E-state index >= 15 is 0 Å². The van der Waals surface area contributed by atoms with Gasteiger partial charge in [0.25, 0.3) is 0 Å². The molecule has 84 valence electrons. The molecule has 1 heterocycles. The van der Waals surface area contributed by atoms with E-state index in [2.05, 4.69) is 15.9 Å². The topological polar surface area (TPSA) is 50.4 Å². The molecule has 0 aliphatic carbocycles. The predicted molar refractivity (Wildman–Crippen MR) is 68.4 cm³/mol. The lowest BCUT2D eigenvalue weighted by atomic mass is 10.1. The summed E-state index contributed by atoms with van der Waals surface area (Å²) in [5.74, 6) is -0.932. The van der Waals surface area contributed by atoms with E-state index in [0.29, 0.717) is 5.58 Å². The van der Waals surface area contributed by atoms with E-state index in [1.165, 1.54) is 0 Å². The number of fused-ring (bicyclic) bond motifs is 3.